The Morgan fingerprint density at radius 3 is 2.75 bits per heavy atom. The molecule has 2 aromatic rings. The van der Waals surface area contributed by atoms with Crippen LogP contribution in [0.2, 0.25) is 0 Å². The first-order valence-corrected chi connectivity index (χ1v) is 9.16. The van der Waals surface area contributed by atoms with Crippen molar-refractivity contribution < 1.29 is 0 Å². The molecule has 126 valence electrons. The highest BCUT2D eigenvalue weighted by atomic mass is 15.2. The molecule has 0 radical (unpaired) electrons. The van der Waals surface area contributed by atoms with Gasteiger partial charge in [-0.25, -0.2) is 4.98 Å². The predicted molar refractivity (Wildman–Crippen MR) is 98.7 cm³/mol. The van der Waals surface area contributed by atoms with Crippen molar-refractivity contribution in [2.75, 3.05) is 13.1 Å². The van der Waals surface area contributed by atoms with Gasteiger partial charge in [-0.15, -0.1) is 0 Å². The monoisotopic (exact) mass is 321 g/mol. The molecule has 1 aliphatic carbocycles. The summed E-state index contributed by atoms with van der Waals surface area (Å²) < 4.78 is 2.32. The van der Waals surface area contributed by atoms with Gasteiger partial charge in [0.2, 0.25) is 0 Å². The van der Waals surface area contributed by atoms with Crippen LogP contribution in [0, 0.1) is 5.92 Å². The SMILES string of the molecule is CC(C)Cn1cncc1CN1CCC2(C=Cc3ccccc32)CC1. The fraction of sp³-hybridized carbons (Fsp3) is 0.476. The fourth-order valence-electron chi connectivity index (χ4n) is 4.25. The van der Waals surface area contributed by atoms with E-state index in [0.717, 1.165) is 26.2 Å². The van der Waals surface area contributed by atoms with Gasteiger partial charge >= 0.3 is 0 Å². The van der Waals surface area contributed by atoms with Gasteiger partial charge in [-0.05, 0) is 43.0 Å². The average Bonchev–Trinajstić information content (AvgIpc) is 3.15. The van der Waals surface area contributed by atoms with E-state index in [0.29, 0.717) is 5.92 Å². The van der Waals surface area contributed by atoms with E-state index in [-0.39, 0.29) is 5.41 Å². The van der Waals surface area contributed by atoms with Crippen LogP contribution >= 0.6 is 0 Å². The van der Waals surface area contributed by atoms with E-state index in [1.54, 1.807) is 0 Å². The minimum Gasteiger partial charge on any atom is -0.333 e. The second-order valence-electron chi connectivity index (χ2n) is 7.78. The molecule has 1 aliphatic heterocycles. The molecule has 0 N–H and O–H groups in total. The number of likely N-dealkylation sites (tertiary alicyclic amines) is 1. The molecule has 1 aromatic carbocycles. The van der Waals surface area contributed by atoms with Crippen molar-refractivity contribution in [3.05, 3.63) is 59.7 Å². The van der Waals surface area contributed by atoms with Crippen LogP contribution < -0.4 is 0 Å². The van der Waals surface area contributed by atoms with Gasteiger partial charge in [-0.1, -0.05) is 50.3 Å². The average molecular weight is 321 g/mol. The minimum absolute atomic E-state index is 0.283. The van der Waals surface area contributed by atoms with Crippen LogP contribution in [0.3, 0.4) is 0 Å². The molecular weight excluding hydrogens is 294 g/mol. The Hall–Kier alpha value is -1.87. The number of rotatable bonds is 4. The lowest BCUT2D eigenvalue weighted by Gasteiger charge is -2.39. The molecule has 0 bridgehead atoms. The number of benzene rings is 1. The number of imidazole rings is 1. The Morgan fingerprint density at radius 2 is 1.96 bits per heavy atom. The standard InChI is InChI=1S/C21H27N3/c1-17(2)14-24-16-22-13-19(24)15-23-11-9-21(10-12-23)8-7-18-5-3-4-6-20(18)21/h3-8,13,16-17H,9-12,14-15H2,1-2H3. The van der Waals surface area contributed by atoms with Crippen molar-refractivity contribution in [3.8, 4) is 0 Å². The van der Waals surface area contributed by atoms with Gasteiger partial charge in [-0.2, -0.15) is 0 Å². The highest BCUT2D eigenvalue weighted by molar-refractivity contribution is 5.65. The van der Waals surface area contributed by atoms with Gasteiger partial charge in [0.15, 0.2) is 0 Å². The van der Waals surface area contributed by atoms with Crippen molar-refractivity contribution in [2.45, 2.75) is 45.2 Å². The molecule has 1 saturated heterocycles. The summed E-state index contributed by atoms with van der Waals surface area (Å²) in [6.07, 6.45) is 11.2. The summed E-state index contributed by atoms with van der Waals surface area (Å²) in [6, 6.07) is 8.90. The van der Waals surface area contributed by atoms with E-state index in [2.05, 4.69) is 64.7 Å². The number of fused-ring (bicyclic) bond motifs is 2. The third kappa shape index (κ3) is 2.82. The van der Waals surface area contributed by atoms with Crippen LogP contribution in [0.1, 0.15) is 43.5 Å². The molecule has 3 nitrogen and oxygen atoms in total. The molecule has 24 heavy (non-hydrogen) atoms. The smallest absolute Gasteiger partial charge is 0.0948 e. The summed E-state index contributed by atoms with van der Waals surface area (Å²) in [6.45, 7) is 8.92. The Morgan fingerprint density at radius 1 is 1.17 bits per heavy atom. The normalized spacial score (nSPS) is 19.3. The van der Waals surface area contributed by atoms with Gasteiger partial charge < -0.3 is 4.57 Å². The zero-order valence-electron chi connectivity index (χ0n) is 14.8. The van der Waals surface area contributed by atoms with Crippen LogP contribution in [-0.2, 0) is 18.5 Å². The van der Waals surface area contributed by atoms with E-state index in [9.17, 15) is 0 Å². The van der Waals surface area contributed by atoms with Gasteiger partial charge in [0.1, 0.15) is 0 Å². The number of allylic oxidation sites excluding steroid dienone is 1. The summed E-state index contributed by atoms with van der Waals surface area (Å²) in [4.78, 5) is 6.96. The number of aromatic nitrogens is 2. The van der Waals surface area contributed by atoms with Crippen LogP contribution in [0.4, 0.5) is 0 Å². The summed E-state index contributed by atoms with van der Waals surface area (Å²) >= 11 is 0. The van der Waals surface area contributed by atoms with Crippen molar-refractivity contribution in [1.29, 1.82) is 0 Å². The molecule has 0 saturated carbocycles. The Labute approximate surface area is 145 Å². The first-order chi connectivity index (χ1) is 11.7. The summed E-state index contributed by atoms with van der Waals surface area (Å²) in [5.41, 5.74) is 4.59. The molecule has 4 rings (SSSR count). The number of piperidine rings is 1. The number of nitrogens with zero attached hydrogens (tertiary/aromatic N) is 3. The lowest BCUT2D eigenvalue weighted by Crippen LogP contribution is -2.40. The molecule has 0 atom stereocenters. The highest BCUT2D eigenvalue weighted by Gasteiger charge is 2.37. The van der Waals surface area contributed by atoms with E-state index >= 15 is 0 Å². The zero-order valence-corrected chi connectivity index (χ0v) is 14.8. The van der Waals surface area contributed by atoms with Crippen molar-refractivity contribution in [1.82, 2.24) is 14.5 Å². The summed E-state index contributed by atoms with van der Waals surface area (Å²) in [5, 5.41) is 0. The molecule has 2 aliphatic rings. The molecular formula is C21H27N3. The molecule has 1 fully saturated rings. The molecule has 0 unspecified atom stereocenters. The maximum absolute atomic E-state index is 4.37. The maximum Gasteiger partial charge on any atom is 0.0948 e. The first kappa shape index (κ1) is 15.6. The second-order valence-corrected chi connectivity index (χ2v) is 7.78. The van der Waals surface area contributed by atoms with Crippen molar-refractivity contribution in [3.63, 3.8) is 0 Å². The summed E-state index contributed by atoms with van der Waals surface area (Å²) in [7, 11) is 0. The fourth-order valence-corrected chi connectivity index (χ4v) is 4.25. The van der Waals surface area contributed by atoms with Gasteiger partial charge in [0, 0.05) is 24.7 Å². The minimum atomic E-state index is 0.283. The van der Waals surface area contributed by atoms with Crippen molar-refractivity contribution in [2.24, 2.45) is 5.92 Å². The van der Waals surface area contributed by atoms with E-state index in [4.69, 9.17) is 0 Å². The number of hydrogen-bond acceptors (Lipinski definition) is 2. The molecule has 2 heterocycles. The largest absolute Gasteiger partial charge is 0.333 e. The predicted octanol–water partition coefficient (Wildman–Crippen LogP) is 4.10. The van der Waals surface area contributed by atoms with Gasteiger partial charge in [0.05, 0.1) is 12.0 Å². The zero-order chi connectivity index (χ0) is 16.6. The molecule has 3 heteroatoms. The van der Waals surface area contributed by atoms with E-state index < -0.39 is 0 Å². The lowest BCUT2D eigenvalue weighted by atomic mass is 9.74. The number of hydrogen-bond donors (Lipinski definition) is 0. The van der Waals surface area contributed by atoms with Gasteiger partial charge in [-0.3, -0.25) is 4.90 Å². The molecule has 1 spiro atoms. The van der Waals surface area contributed by atoms with E-state index in [1.807, 2.05) is 12.5 Å². The maximum atomic E-state index is 4.37. The second kappa shape index (κ2) is 6.21. The van der Waals surface area contributed by atoms with E-state index in [1.165, 1.54) is 29.7 Å². The third-order valence-corrected chi connectivity index (χ3v) is 5.57. The quantitative estimate of drug-likeness (QED) is 0.845. The van der Waals surface area contributed by atoms with Crippen molar-refractivity contribution >= 4 is 6.08 Å². The third-order valence-electron chi connectivity index (χ3n) is 5.57. The van der Waals surface area contributed by atoms with Crippen LogP contribution in [0.15, 0.2) is 42.9 Å². The van der Waals surface area contributed by atoms with Crippen LogP contribution in [0.25, 0.3) is 6.08 Å². The molecule has 1 aromatic heterocycles. The topological polar surface area (TPSA) is 21.1 Å². The van der Waals surface area contributed by atoms with Crippen LogP contribution in [0.5, 0.6) is 0 Å². The Kier molecular flexibility index (Phi) is 4.05. The Balaban J connectivity index is 1.43. The lowest BCUT2D eigenvalue weighted by molar-refractivity contribution is 0.173. The Bertz CT molecular complexity index is 733. The summed E-state index contributed by atoms with van der Waals surface area (Å²) in [5.74, 6) is 0.655. The van der Waals surface area contributed by atoms with Gasteiger partial charge in [0.25, 0.3) is 0 Å². The first-order valence-electron chi connectivity index (χ1n) is 9.16. The van der Waals surface area contributed by atoms with Crippen LogP contribution in [-0.4, -0.2) is 27.5 Å². The molecule has 0 amide bonds. The highest BCUT2D eigenvalue weighted by Crippen LogP contribution is 2.43.